The lowest BCUT2D eigenvalue weighted by Gasteiger charge is -2.29. The van der Waals surface area contributed by atoms with Gasteiger partial charge in [-0.2, -0.15) is 0 Å². The second kappa shape index (κ2) is 13.1. The Morgan fingerprint density at radius 1 is 0.431 bits per heavy atom. The molecule has 0 aliphatic heterocycles. The van der Waals surface area contributed by atoms with E-state index in [1.807, 2.05) is 6.07 Å². The van der Waals surface area contributed by atoms with Crippen LogP contribution in [0.4, 0.5) is 0 Å². The van der Waals surface area contributed by atoms with Gasteiger partial charge in [0.2, 0.25) is 0 Å². The van der Waals surface area contributed by atoms with Crippen LogP contribution in [0.1, 0.15) is 34.1 Å². The first-order chi connectivity index (χ1) is 28.8. The Morgan fingerprint density at radius 3 is 1.91 bits per heavy atom. The first-order valence-electron chi connectivity index (χ1n) is 20.2. The minimum atomic E-state index is 0.165. The molecule has 0 fully saturated rings. The molecule has 0 amide bonds. The summed E-state index contributed by atoms with van der Waals surface area (Å²) in [4.78, 5) is 10.9. The lowest BCUT2D eigenvalue weighted by Crippen LogP contribution is -2.16. The van der Waals surface area contributed by atoms with Crippen molar-refractivity contribution < 1.29 is 0 Å². The first kappa shape index (κ1) is 32.8. The van der Waals surface area contributed by atoms with Crippen molar-refractivity contribution in [1.29, 1.82) is 0 Å². The van der Waals surface area contributed by atoms with Gasteiger partial charge >= 0.3 is 0 Å². The third-order valence-corrected chi connectivity index (χ3v) is 12.5. The van der Waals surface area contributed by atoms with Crippen molar-refractivity contribution in [1.82, 2.24) is 14.5 Å². The van der Waals surface area contributed by atoms with Crippen molar-refractivity contribution >= 4 is 54.4 Å². The second-order valence-electron chi connectivity index (χ2n) is 15.7. The Labute approximate surface area is 336 Å². The molecular formula is C55H37N3. The lowest BCUT2D eigenvalue weighted by molar-refractivity contribution is 0.609. The van der Waals surface area contributed by atoms with Gasteiger partial charge in [0.1, 0.15) is 5.69 Å². The fourth-order valence-electron chi connectivity index (χ4n) is 9.97. The van der Waals surface area contributed by atoms with E-state index in [1.54, 1.807) is 0 Å². The normalized spacial score (nSPS) is 15.0. The smallest absolute Gasteiger partial charge is 0.165 e. The molecule has 2 aromatic heterocycles. The van der Waals surface area contributed by atoms with Gasteiger partial charge in [-0.1, -0.05) is 176 Å². The van der Waals surface area contributed by atoms with E-state index in [1.165, 1.54) is 65.7 Å². The van der Waals surface area contributed by atoms with Crippen molar-refractivity contribution in [2.75, 3.05) is 0 Å². The summed E-state index contributed by atoms with van der Waals surface area (Å²) in [5.41, 5.74) is 13.8. The molecular weight excluding hydrogens is 703 g/mol. The largest absolute Gasteiger partial charge is 0.292 e. The molecule has 0 radical (unpaired) electrons. The van der Waals surface area contributed by atoms with E-state index in [0.29, 0.717) is 0 Å². The van der Waals surface area contributed by atoms with Gasteiger partial charge in [0.05, 0.1) is 22.1 Å². The summed E-state index contributed by atoms with van der Waals surface area (Å²) in [6.07, 6.45) is 0.917. The summed E-state index contributed by atoms with van der Waals surface area (Å²) in [5, 5.41) is 7.68. The van der Waals surface area contributed by atoms with Crippen LogP contribution in [-0.4, -0.2) is 14.5 Å². The van der Waals surface area contributed by atoms with E-state index >= 15 is 0 Å². The van der Waals surface area contributed by atoms with Crippen LogP contribution in [0.15, 0.2) is 200 Å². The third-order valence-electron chi connectivity index (χ3n) is 12.5. The maximum Gasteiger partial charge on any atom is 0.165 e. The quantitative estimate of drug-likeness (QED) is 0.170. The van der Waals surface area contributed by atoms with Gasteiger partial charge in [0.15, 0.2) is 5.82 Å². The zero-order chi connectivity index (χ0) is 38.2. The molecule has 11 aromatic rings. The van der Waals surface area contributed by atoms with E-state index in [2.05, 4.69) is 199 Å². The lowest BCUT2D eigenvalue weighted by atomic mass is 9.74. The average Bonchev–Trinajstić information content (AvgIpc) is 3.57. The molecule has 272 valence electrons. The molecule has 58 heavy (non-hydrogen) atoms. The summed E-state index contributed by atoms with van der Waals surface area (Å²) in [7, 11) is 0. The number of aromatic nitrogens is 3. The predicted octanol–water partition coefficient (Wildman–Crippen LogP) is 13.8. The Bertz CT molecular complexity index is 3360. The minimum absolute atomic E-state index is 0.165. The molecule has 2 unspecified atom stereocenters. The molecule has 12 rings (SSSR count). The van der Waals surface area contributed by atoms with E-state index in [4.69, 9.17) is 9.97 Å². The standard InChI is InChI=1S/C55H37N3/c1-3-14-35(15-4-1)34-45-43-23-13-27-48-52(43)53-49(33-32-39-20-12-24-44(51(39)53)50(45)38-17-5-2-6-18-38)58(48)55-54(56-46-25-9-10-26-47(46)57-55)40-30-28-37(29-31-40)42-22-11-19-36-16-7-8-21-41(36)42/h1-33,45,50H,34H2. The van der Waals surface area contributed by atoms with E-state index in [0.717, 1.165) is 45.6 Å². The second-order valence-corrected chi connectivity index (χ2v) is 15.7. The molecule has 2 heterocycles. The van der Waals surface area contributed by atoms with E-state index < -0.39 is 0 Å². The highest BCUT2D eigenvalue weighted by atomic mass is 15.1. The van der Waals surface area contributed by atoms with Crippen LogP contribution in [0.2, 0.25) is 0 Å². The van der Waals surface area contributed by atoms with Crippen molar-refractivity contribution in [3.8, 4) is 28.2 Å². The summed E-state index contributed by atoms with van der Waals surface area (Å²) in [5.74, 6) is 1.19. The Balaban J connectivity index is 1.14. The molecule has 2 atom stereocenters. The number of para-hydroxylation sites is 2. The van der Waals surface area contributed by atoms with Crippen molar-refractivity contribution in [3.05, 3.63) is 222 Å². The van der Waals surface area contributed by atoms with Crippen molar-refractivity contribution in [2.45, 2.75) is 18.3 Å². The zero-order valence-electron chi connectivity index (χ0n) is 31.8. The highest BCUT2D eigenvalue weighted by molar-refractivity contribution is 6.24. The molecule has 1 aliphatic carbocycles. The molecule has 0 saturated carbocycles. The first-order valence-corrected chi connectivity index (χ1v) is 20.2. The minimum Gasteiger partial charge on any atom is -0.292 e. The van der Waals surface area contributed by atoms with E-state index in [-0.39, 0.29) is 11.8 Å². The van der Waals surface area contributed by atoms with Gasteiger partial charge in [-0.25, -0.2) is 9.97 Å². The molecule has 0 spiro atoms. The Morgan fingerprint density at radius 2 is 1.07 bits per heavy atom. The summed E-state index contributed by atoms with van der Waals surface area (Å²) in [6, 6.07) is 72.9. The molecule has 0 saturated heterocycles. The van der Waals surface area contributed by atoms with Gasteiger partial charge in [-0.3, -0.25) is 4.57 Å². The molecule has 0 N–H and O–H groups in total. The molecule has 1 aliphatic rings. The average molecular weight is 740 g/mol. The van der Waals surface area contributed by atoms with Crippen molar-refractivity contribution in [2.24, 2.45) is 0 Å². The number of benzene rings is 9. The summed E-state index contributed by atoms with van der Waals surface area (Å²) >= 11 is 0. The van der Waals surface area contributed by atoms with Gasteiger partial charge in [0.25, 0.3) is 0 Å². The molecule has 0 bridgehead atoms. The number of fused-ring (bicyclic) bond motifs is 2. The zero-order valence-corrected chi connectivity index (χ0v) is 31.8. The number of hydrogen-bond acceptors (Lipinski definition) is 2. The summed E-state index contributed by atoms with van der Waals surface area (Å²) < 4.78 is 2.40. The number of rotatable bonds is 6. The number of nitrogens with zero attached hydrogens (tertiary/aromatic N) is 3. The monoisotopic (exact) mass is 739 g/mol. The van der Waals surface area contributed by atoms with Gasteiger partial charge in [-0.05, 0) is 91.5 Å². The Hall–Kier alpha value is -7.36. The van der Waals surface area contributed by atoms with E-state index in [9.17, 15) is 0 Å². The summed E-state index contributed by atoms with van der Waals surface area (Å²) in [6.45, 7) is 0. The maximum atomic E-state index is 5.52. The van der Waals surface area contributed by atoms with Crippen LogP contribution in [0.3, 0.4) is 0 Å². The Kier molecular flexibility index (Phi) is 7.42. The van der Waals surface area contributed by atoms with Crippen molar-refractivity contribution in [3.63, 3.8) is 0 Å². The molecule has 9 aromatic carbocycles. The number of hydrogen-bond donors (Lipinski definition) is 0. The van der Waals surface area contributed by atoms with Gasteiger partial charge in [-0.15, -0.1) is 0 Å². The SMILES string of the molecule is c1ccc(CC2c3cccc4c3c3c5c(cccc5ccc3n4-c3nc4ccccc4nc3-c3ccc(-c4cccc5ccccc45)cc3)C2c2ccccc2)cc1. The molecule has 3 heteroatoms. The van der Waals surface area contributed by atoms with Crippen LogP contribution < -0.4 is 0 Å². The highest BCUT2D eigenvalue weighted by Crippen LogP contribution is 2.52. The van der Waals surface area contributed by atoms with Crippen LogP contribution in [0.25, 0.3) is 82.6 Å². The van der Waals surface area contributed by atoms with Crippen LogP contribution in [0.5, 0.6) is 0 Å². The van der Waals surface area contributed by atoms with Crippen LogP contribution >= 0.6 is 0 Å². The maximum absolute atomic E-state index is 5.52. The highest BCUT2D eigenvalue weighted by Gasteiger charge is 2.35. The van der Waals surface area contributed by atoms with Gasteiger partial charge in [0, 0.05) is 22.3 Å². The van der Waals surface area contributed by atoms with Gasteiger partial charge < -0.3 is 0 Å². The van der Waals surface area contributed by atoms with Crippen LogP contribution in [0, 0.1) is 0 Å². The predicted molar refractivity (Wildman–Crippen MR) is 241 cm³/mol. The fraction of sp³-hybridized carbons (Fsp3) is 0.0545. The topological polar surface area (TPSA) is 30.7 Å². The van der Waals surface area contributed by atoms with Crippen LogP contribution in [-0.2, 0) is 6.42 Å². The fourth-order valence-corrected chi connectivity index (χ4v) is 9.97. The third kappa shape index (κ3) is 5.06. The molecule has 3 nitrogen and oxygen atoms in total.